The zero-order valence-electron chi connectivity index (χ0n) is 19.9. The number of aromatic nitrogens is 3. The average Bonchev–Trinajstić information content (AvgIpc) is 3.36. The van der Waals surface area contributed by atoms with Gasteiger partial charge in [-0.15, -0.1) is 6.42 Å². The highest BCUT2D eigenvalue weighted by Gasteiger charge is 2.23. The van der Waals surface area contributed by atoms with E-state index in [0.29, 0.717) is 55.2 Å². The molecule has 0 bridgehead atoms. The van der Waals surface area contributed by atoms with E-state index < -0.39 is 0 Å². The zero-order valence-corrected chi connectivity index (χ0v) is 19.9. The molecule has 3 aromatic heterocycles. The first-order valence-electron chi connectivity index (χ1n) is 11.7. The van der Waals surface area contributed by atoms with Crippen molar-refractivity contribution in [3.8, 4) is 35.3 Å². The second-order valence-electron chi connectivity index (χ2n) is 8.40. The molecule has 4 aromatic rings. The highest BCUT2D eigenvalue weighted by molar-refractivity contribution is 5.94. The van der Waals surface area contributed by atoms with E-state index in [9.17, 15) is 10.1 Å². The Morgan fingerprint density at radius 3 is 2.67 bits per heavy atom. The van der Waals surface area contributed by atoms with E-state index in [0.717, 1.165) is 22.5 Å². The number of fused-ring (bicyclic) bond motifs is 1. The summed E-state index contributed by atoms with van der Waals surface area (Å²) in [5.41, 5.74) is 4.22. The maximum Gasteiger partial charge on any atom is 0.254 e. The number of piperazine rings is 1. The van der Waals surface area contributed by atoms with Crippen molar-refractivity contribution in [1.29, 1.82) is 5.26 Å². The molecule has 1 saturated heterocycles. The zero-order chi connectivity index (χ0) is 25.1. The Morgan fingerprint density at radius 2 is 1.97 bits per heavy atom. The van der Waals surface area contributed by atoms with Crippen LogP contribution in [0.25, 0.3) is 16.6 Å². The normalized spacial score (nSPS) is 13.3. The molecule has 36 heavy (non-hydrogen) atoms. The Bertz CT molecular complexity index is 1500. The van der Waals surface area contributed by atoms with Crippen molar-refractivity contribution >= 4 is 17.2 Å². The number of hydrogen-bond acceptors (Lipinski definition) is 6. The van der Waals surface area contributed by atoms with Crippen LogP contribution in [0.15, 0.2) is 61.1 Å². The molecule has 0 atom stereocenters. The quantitative estimate of drug-likeness (QED) is 0.409. The molecule has 1 aliphatic rings. The number of nitriles is 1. The monoisotopic (exact) mass is 476 g/mol. The lowest BCUT2D eigenvalue weighted by Crippen LogP contribution is -2.49. The molecule has 0 aliphatic carbocycles. The minimum absolute atomic E-state index is 0.0117. The fourth-order valence-corrected chi connectivity index (χ4v) is 4.44. The van der Waals surface area contributed by atoms with Crippen LogP contribution in [0.5, 0.6) is 5.75 Å². The van der Waals surface area contributed by atoms with Gasteiger partial charge < -0.3 is 14.5 Å². The van der Waals surface area contributed by atoms with Gasteiger partial charge in [0, 0.05) is 54.6 Å². The molecule has 178 valence electrons. The Morgan fingerprint density at radius 1 is 1.14 bits per heavy atom. The van der Waals surface area contributed by atoms with E-state index in [-0.39, 0.29) is 5.91 Å². The third-order valence-corrected chi connectivity index (χ3v) is 6.24. The van der Waals surface area contributed by atoms with Crippen molar-refractivity contribution in [3.63, 3.8) is 0 Å². The summed E-state index contributed by atoms with van der Waals surface area (Å²) < 4.78 is 7.37. The van der Waals surface area contributed by atoms with Gasteiger partial charge in [0.05, 0.1) is 30.1 Å². The molecular weight excluding hydrogens is 452 g/mol. The smallest absolute Gasteiger partial charge is 0.254 e. The minimum Gasteiger partial charge on any atom is -0.492 e. The van der Waals surface area contributed by atoms with Crippen LogP contribution < -0.4 is 9.64 Å². The number of terminal acetylenes is 1. The van der Waals surface area contributed by atoms with Gasteiger partial charge in [0.15, 0.2) is 0 Å². The van der Waals surface area contributed by atoms with Gasteiger partial charge in [-0.25, -0.2) is 9.50 Å². The largest absolute Gasteiger partial charge is 0.492 e. The van der Waals surface area contributed by atoms with E-state index in [1.807, 2.05) is 42.2 Å². The van der Waals surface area contributed by atoms with Gasteiger partial charge in [-0.2, -0.15) is 10.4 Å². The predicted octanol–water partition coefficient (Wildman–Crippen LogP) is 3.61. The molecule has 0 unspecified atom stereocenters. The van der Waals surface area contributed by atoms with Gasteiger partial charge in [0.2, 0.25) is 0 Å². The molecule has 1 amide bonds. The number of carbonyl (C=O) groups is 1. The standard InChI is InChI=1S/C28H24N6O2/c1-3-20-6-5-7-21(14-20)28(35)33-12-10-32(11-13-33)26-9-8-22(17-30-26)25-15-24(36-4-2)19-34-27(25)23(16-29)18-31-34/h1,5-9,14-15,17-19H,4,10-13H2,2H3. The van der Waals surface area contributed by atoms with E-state index in [4.69, 9.17) is 16.1 Å². The van der Waals surface area contributed by atoms with Gasteiger partial charge in [-0.3, -0.25) is 4.79 Å². The highest BCUT2D eigenvalue weighted by atomic mass is 16.5. The Kier molecular flexibility index (Phi) is 6.25. The number of pyridine rings is 2. The van der Waals surface area contributed by atoms with Crippen LogP contribution in [-0.4, -0.2) is 58.2 Å². The second-order valence-corrected chi connectivity index (χ2v) is 8.40. The summed E-state index contributed by atoms with van der Waals surface area (Å²) in [6.45, 7) is 5.00. The molecule has 0 N–H and O–H groups in total. The van der Waals surface area contributed by atoms with Gasteiger partial charge in [-0.05, 0) is 43.3 Å². The number of anilines is 1. The van der Waals surface area contributed by atoms with Gasteiger partial charge >= 0.3 is 0 Å². The molecule has 0 saturated carbocycles. The van der Waals surface area contributed by atoms with Crippen LogP contribution in [0.2, 0.25) is 0 Å². The molecule has 5 rings (SSSR count). The first-order valence-corrected chi connectivity index (χ1v) is 11.7. The summed E-state index contributed by atoms with van der Waals surface area (Å²) in [6, 6.07) is 15.3. The first-order chi connectivity index (χ1) is 17.6. The fraction of sp³-hybridized carbons (Fsp3) is 0.214. The summed E-state index contributed by atoms with van der Waals surface area (Å²) in [6.07, 6.45) is 10.6. The van der Waals surface area contributed by atoms with Crippen molar-refractivity contribution in [3.05, 3.63) is 77.7 Å². The molecule has 0 radical (unpaired) electrons. The fourth-order valence-electron chi connectivity index (χ4n) is 4.44. The molecule has 1 aromatic carbocycles. The summed E-state index contributed by atoms with van der Waals surface area (Å²) in [7, 11) is 0. The van der Waals surface area contributed by atoms with E-state index >= 15 is 0 Å². The summed E-state index contributed by atoms with van der Waals surface area (Å²) in [4.78, 5) is 21.6. The van der Waals surface area contributed by atoms with Crippen molar-refractivity contribution in [2.45, 2.75) is 6.92 Å². The SMILES string of the molecule is C#Cc1cccc(C(=O)N2CCN(c3ccc(-c4cc(OCC)cn5ncc(C#N)c45)cn3)CC2)c1. The second kappa shape index (κ2) is 9.81. The van der Waals surface area contributed by atoms with E-state index in [1.54, 1.807) is 35.2 Å². The third-order valence-electron chi connectivity index (χ3n) is 6.24. The lowest BCUT2D eigenvalue weighted by atomic mass is 10.1. The van der Waals surface area contributed by atoms with Gasteiger partial charge in [-0.1, -0.05) is 12.0 Å². The Hall–Kier alpha value is -4.82. The van der Waals surface area contributed by atoms with Crippen LogP contribution in [0.1, 0.15) is 28.4 Å². The topological polar surface area (TPSA) is 86.8 Å². The van der Waals surface area contributed by atoms with Crippen molar-refractivity contribution in [2.75, 3.05) is 37.7 Å². The van der Waals surface area contributed by atoms with Crippen molar-refractivity contribution in [2.24, 2.45) is 0 Å². The van der Waals surface area contributed by atoms with Crippen LogP contribution in [0, 0.1) is 23.7 Å². The number of nitrogens with zero attached hydrogens (tertiary/aromatic N) is 6. The summed E-state index contributed by atoms with van der Waals surface area (Å²) >= 11 is 0. The van der Waals surface area contributed by atoms with Crippen molar-refractivity contribution in [1.82, 2.24) is 19.5 Å². The number of rotatable bonds is 5. The molecule has 8 nitrogen and oxygen atoms in total. The molecule has 0 spiro atoms. The lowest BCUT2D eigenvalue weighted by molar-refractivity contribution is 0.0746. The van der Waals surface area contributed by atoms with Gasteiger partial charge in [0.1, 0.15) is 17.6 Å². The number of ether oxygens (including phenoxy) is 1. The Balaban J connectivity index is 1.33. The predicted molar refractivity (Wildman–Crippen MR) is 137 cm³/mol. The molecule has 1 aliphatic heterocycles. The molecule has 1 fully saturated rings. The Labute approximate surface area is 209 Å². The van der Waals surface area contributed by atoms with Crippen LogP contribution in [0.4, 0.5) is 5.82 Å². The minimum atomic E-state index is -0.0117. The van der Waals surface area contributed by atoms with E-state index in [2.05, 4.69) is 22.0 Å². The van der Waals surface area contributed by atoms with Crippen molar-refractivity contribution < 1.29 is 9.53 Å². The number of carbonyl (C=O) groups excluding carboxylic acids is 1. The molecule has 8 heteroatoms. The summed E-state index contributed by atoms with van der Waals surface area (Å²) in [5.74, 6) is 4.08. The molecular formula is C28H24N6O2. The summed E-state index contributed by atoms with van der Waals surface area (Å²) in [5, 5.41) is 13.9. The average molecular weight is 477 g/mol. The maximum atomic E-state index is 12.9. The van der Waals surface area contributed by atoms with Crippen LogP contribution >= 0.6 is 0 Å². The maximum absolute atomic E-state index is 12.9. The highest BCUT2D eigenvalue weighted by Crippen LogP contribution is 2.31. The lowest BCUT2D eigenvalue weighted by Gasteiger charge is -2.35. The molecule has 4 heterocycles. The van der Waals surface area contributed by atoms with Gasteiger partial charge in [0.25, 0.3) is 5.91 Å². The number of hydrogen-bond donors (Lipinski definition) is 0. The van der Waals surface area contributed by atoms with Crippen LogP contribution in [-0.2, 0) is 0 Å². The number of benzene rings is 1. The number of amides is 1. The third kappa shape index (κ3) is 4.33. The van der Waals surface area contributed by atoms with E-state index in [1.165, 1.54) is 0 Å². The van der Waals surface area contributed by atoms with Crippen LogP contribution in [0.3, 0.4) is 0 Å². The first kappa shape index (κ1) is 22.9.